The van der Waals surface area contributed by atoms with Crippen LogP contribution < -0.4 is 20.3 Å². The number of benzene rings is 1. The summed E-state index contributed by atoms with van der Waals surface area (Å²) in [6, 6.07) is 6.08. The number of aromatic nitrogens is 4. The number of amides is 1. The highest BCUT2D eigenvalue weighted by Gasteiger charge is 2.25. The first-order chi connectivity index (χ1) is 17.1. The lowest BCUT2D eigenvalue weighted by Gasteiger charge is -2.31. The normalized spacial score (nSPS) is 20.5. The second kappa shape index (κ2) is 10.4. The maximum Gasteiger partial charge on any atom is 0.269 e. The van der Waals surface area contributed by atoms with Gasteiger partial charge in [0.25, 0.3) is 5.91 Å². The molecule has 1 amide bonds. The number of ether oxygens (including phenoxy) is 2. The Hall–Kier alpha value is -3.53. The largest absolute Gasteiger partial charge is 0.490 e. The van der Waals surface area contributed by atoms with Crippen molar-refractivity contribution in [3.63, 3.8) is 0 Å². The van der Waals surface area contributed by atoms with Crippen LogP contribution in [0.15, 0.2) is 30.6 Å². The highest BCUT2D eigenvalue weighted by Crippen LogP contribution is 2.34. The highest BCUT2D eigenvalue weighted by atomic mass is 16.5. The second-order valence-electron chi connectivity index (χ2n) is 8.97. The van der Waals surface area contributed by atoms with E-state index < -0.39 is 0 Å². The van der Waals surface area contributed by atoms with Gasteiger partial charge in [-0.05, 0) is 44.7 Å². The smallest absolute Gasteiger partial charge is 0.269 e. The summed E-state index contributed by atoms with van der Waals surface area (Å²) in [5, 5.41) is 6.90. The summed E-state index contributed by atoms with van der Waals surface area (Å²) < 4.78 is 12.1. The predicted octanol–water partition coefficient (Wildman–Crippen LogP) is 2.73. The van der Waals surface area contributed by atoms with E-state index in [4.69, 9.17) is 9.47 Å². The number of morpholine rings is 1. The number of rotatable bonds is 6. The van der Waals surface area contributed by atoms with E-state index in [0.29, 0.717) is 11.6 Å². The van der Waals surface area contributed by atoms with Gasteiger partial charge in [0, 0.05) is 50.3 Å². The Balaban J connectivity index is 1.27. The van der Waals surface area contributed by atoms with Gasteiger partial charge in [-0.2, -0.15) is 0 Å². The van der Waals surface area contributed by atoms with Crippen molar-refractivity contribution in [2.24, 2.45) is 0 Å². The van der Waals surface area contributed by atoms with Crippen molar-refractivity contribution in [2.45, 2.75) is 44.8 Å². The molecule has 3 aromatic rings. The second-order valence-corrected chi connectivity index (χ2v) is 8.97. The molecule has 184 valence electrons. The number of carbonyl (C=O) groups excluding carboxylic acids is 1. The van der Waals surface area contributed by atoms with Gasteiger partial charge in [0.05, 0.1) is 30.2 Å². The molecule has 10 heteroatoms. The zero-order valence-corrected chi connectivity index (χ0v) is 20.2. The van der Waals surface area contributed by atoms with Crippen molar-refractivity contribution in [2.75, 3.05) is 43.6 Å². The minimum absolute atomic E-state index is 0.107. The van der Waals surface area contributed by atoms with E-state index in [9.17, 15) is 4.79 Å². The van der Waals surface area contributed by atoms with E-state index in [1.807, 2.05) is 13.1 Å². The van der Waals surface area contributed by atoms with Gasteiger partial charge >= 0.3 is 0 Å². The van der Waals surface area contributed by atoms with Crippen molar-refractivity contribution in [1.29, 1.82) is 0 Å². The van der Waals surface area contributed by atoms with E-state index >= 15 is 0 Å². The van der Waals surface area contributed by atoms with E-state index in [-0.39, 0.29) is 18.1 Å². The maximum atomic E-state index is 11.8. The van der Waals surface area contributed by atoms with Gasteiger partial charge in [-0.3, -0.25) is 4.79 Å². The van der Waals surface area contributed by atoms with Gasteiger partial charge in [-0.1, -0.05) is 0 Å². The summed E-state index contributed by atoms with van der Waals surface area (Å²) in [6.07, 6.45) is 7.23. The molecular formula is C25H31N7O3. The van der Waals surface area contributed by atoms with Crippen LogP contribution in [0.2, 0.25) is 0 Å². The molecule has 3 heterocycles. The molecule has 0 radical (unpaired) electrons. The Morgan fingerprint density at radius 1 is 1.11 bits per heavy atom. The number of aryl methyl sites for hydroxylation is 1. The molecule has 0 unspecified atom stereocenters. The molecule has 1 saturated carbocycles. The molecule has 35 heavy (non-hydrogen) atoms. The maximum absolute atomic E-state index is 11.8. The quantitative estimate of drug-likeness (QED) is 0.553. The average Bonchev–Trinajstić information content (AvgIpc) is 2.89. The van der Waals surface area contributed by atoms with Gasteiger partial charge in [-0.15, -0.1) is 0 Å². The fraction of sp³-hybridized carbons (Fsp3) is 0.480. The first kappa shape index (κ1) is 23.2. The first-order valence-electron chi connectivity index (χ1n) is 12.2. The third-order valence-electron chi connectivity index (χ3n) is 6.56. The molecule has 0 spiro atoms. The van der Waals surface area contributed by atoms with Crippen molar-refractivity contribution >= 4 is 28.4 Å². The van der Waals surface area contributed by atoms with E-state index in [1.54, 1.807) is 19.3 Å². The molecule has 1 aromatic carbocycles. The van der Waals surface area contributed by atoms with Gasteiger partial charge in [0.1, 0.15) is 17.3 Å². The summed E-state index contributed by atoms with van der Waals surface area (Å²) in [5.41, 5.74) is 2.36. The molecule has 2 fully saturated rings. The number of nitrogens with zero attached hydrogens (tertiary/aromatic N) is 5. The lowest BCUT2D eigenvalue weighted by Crippen LogP contribution is -2.36. The zero-order chi connectivity index (χ0) is 24.2. The summed E-state index contributed by atoms with van der Waals surface area (Å²) in [4.78, 5) is 31.8. The Morgan fingerprint density at radius 3 is 2.69 bits per heavy atom. The van der Waals surface area contributed by atoms with Gasteiger partial charge in [-0.25, -0.2) is 19.9 Å². The van der Waals surface area contributed by atoms with Crippen LogP contribution in [-0.4, -0.2) is 71.3 Å². The summed E-state index contributed by atoms with van der Waals surface area (Å²) in [6.45, 7) is 5.07. The third-order valence-corrected chi connectivity index (χ3v) is 6.56. The summed E-state index contributed by atoms with van der Waals surface area (Å²) in [5.74, 6) is 1.84. The average molecular weight is 478 g/mol. The third kappa shape index (κ3) is 5.43. The highest BCUT2D eigenvalue weighted by molar-refractivity contribution is 5.92. The molecule has 5 rings (SSSR count). The lowest BCUT2D eigenvalue weighted by atomic mass is 9.93. The van der Waals surface area contributed by atoms with Crippen LogP contribution in [0.3, 0.4) is 0 Å². The predicted molar refractivity (Wildman–Crippen MR) is 133 cm³/mol. The minimum Gasteiger partial charge on any atom is -0.490 e. The Kier molecular flexibility index (Phi) is 6.89. The van der Waals surface area contributed by atoms with Crippen molar-refractivity contribution in [1.82, 2.24) is 25.3 Å². The fourth-order valence-corrected chi connectivity index (χ4v) is 4.65. The number of carbonyl (C=O) groups is 1. The summed E-state index contributed by atoms with van der Waals surface area (Å²) >= 11 is 0. The Bertz CT molecular complexity index is 1190. The zero-order valence-electron chi connectivity index (χ0n) is 20.2. The number of hydrogen-bond donors (Lipinski definition) is 2. The minimum atomic E-state index is -0.224. The molecule has 10 nitrogen and oxygen atoms in total. The molecule has 1 saturated heterocycles. The monoisotopic (exact) mass is 477 g/mol. The molecule has 1 aliphatic carbocycles. The van der Waals surface area contributed by atoms with Crippen LogP contribution >= 0.6 is 0 Å². The first-order valence-corrected chi connectivity index (χ1v) is 12.2. The van der Waals surface area contributed by atoms with Crippen molar-refractivity contribution < 1.29 is 14.3 Å². The van der Waals surface area contributed by atoms with Crippen LogP contribution in [0.25, 0.3) is 10.9 Å². The van der Waals surface area contributed by atoms with Gasteiger partial charge in [0.15, 0.2) is 0 Å². The standard InChI is InChI=1S/C25H31N7O3/c1-16-28-15-20-22(29-16)13-18(32-9-11-34-12-10-32)14-23(20)35-19-5-3-17(4-6-19)30-25-27-8-7-21(31-25)24(33)26-2/h7-8,13-15,17,19H,3-6,9-12H2,1-2H3,(H,26,33)(H,27,30,31)/t17-,19+. The van der Waals surface area contributed by atoms with Crippen molar-refractivity contribution in [3.05, 3.63) is 42.1 Å². The van der Waals surface area contributed by atoms with Gasteiger partial charge in [0.2, 0.25) is 5.95 Å². The van der Waals surface area contributed by atoms with E-state index in [0.717, 1.165) is 80.2 Å². The van der Waals surface area contributed by atoms with Crippen LogP contribution in [0, 0.1) is 6.92 Å². The van der Waals surface area contributed by atoms with Gasteiger partial charge < -0.3 is 25.0 Å². The SMILES string of the molecule is CNC(=O)c1ccnc(N[C@H]2CC[C@@H](Oc3cc(N4CCOCC4)cc4nc(C)ncc34)CC2)n1. The molecule has 2 N–H and O–H groups in total. The van der Waals surface area contributed by atoms with Crippen LogP contribution in [-0.2, 0) is 4.74 Å². The molecule has 2 aromatic heterocycles. The molecular weight excluding hydrogens is 446 g/mol. The van der Waals surface area contributed by atoms with Crippen LogP contribution in [0.1, 0.15) is 42.0 Å². The molecule has 0 atom stereocenters. The molecule has 2 aliphatic rings. The Labute approximate surface area is 204 Å². The lowest BCUT2D eigenvalue weighted by molar-refractivity contribution is 0.0958. The number of fused-ring (bicyclic) bond motifs is 1. The van der Waals surface area contributed by atoms with E-state index in [1.165, 1.54) is 0 Å². The van der Waals surface area contributed by atoms with Crippen molar-refractivity contribution in [3.8, 4) is 5.75 Å². The summed E-state index contributed by atoms with van der Waals surface area (Å²) in [7, 11) is 1.59. The molecule has 1 aliphatic heterocycles. The molecule has 0 bridgehead atoms. The van der Waals surface area contributed by atoms with E-state index in [2.05, 4.69) is 47.6 Å². The Morgan fingerprint density at radius 2 is 1.91 bits per heavy atom. The van der Waals surface area contributed by atoms with Crippen LogP contribution in [0.5, 0.6) is 5.75 Å². The number of nitrogens with one attached hydrogen (secondary N) is 2. The fourth-order valence-electron chi connectivity index (χ4n) is 4.65. The topological polar surface area (TPSA) is 114 Å². The number of anilines is 2. The van der Waals surface area contributed by atoms with Crippen LogP contribution in [0.4, 0.5) is 11.6 Å². The number of hydrogen-bond acceptors (Lipinski definition) is 9.